The summed E-state index contributed by atoms with van der Waals surface area (Å²) < 4.78 is 5.25. The SMILES string of the molecule is O=C(COCC1CC1)NCc1ccc(C(=O)O)s1. The highest BCUT2D eigenvalue weighted by atomic mass is 32.1. The summed E-state index contributed by atoms with van der Waals surface area (Å²) in [5.74, 6) is -0.459. The smallest absolute Gasteiger partial charge is 0.345 e. The van der Waals surface area contributed by atoms with Gasteiger partial charge in [-0.3, -0.25) is 4.79 Å². The largest absolute Gasteiger partial charge is 0.477 e. The van der Waals surface area contributed by atoms with Crippen molar-refractivity contribution in [3.63, 3.8) is 0 Å². The summed E-state index contributed by atoms with van der Waals surface area (Å²) in [4.78, 5) is 23.2. The molecule has 0 unspecified atom stereocenters. The van der Waals surface area contributed by atoms with Crippen molar-refractivity contribution >= 4 is 23.2 Å². The predicted octanol–water partition coefficient (Wildman–Crippen LogP) is 1.49. The minimum atomic E-state index is -0.939. The van der Waals surface area contributed by atoms with Gasteiger partial charge in [0.05, 0.1) is 13.2 Å². The Kier molecular flexibility index (Phi) is 4.33. The van der Waals surface area contributed by atoms with E-state index in [0.717, 1.165) is 4.88 Å². The molecule has 1 fully saturated rings. The second-order valence-electron chi connectivity index (χ2n) is 4.31. The number of amides is 1. The zero-order valence-electron chi connectivity index (χ0n) is 9.85. The highest BCUT2D eigenvalue weighted by molar-refractivity contribution is 7.13. The highest BCUT2D eigenvalue weighted by Gasteiger charge is 2.21. The van der Waals surface area contributed by atoms with Gasteiger partial charge in [-0.1, -0.05) is 0 Å². The van der Waals surface area contributed by atoms with E-state index < -0.39 is 5.97 Å². The summed E-state index contributed by atoms with van der Waals surface area (Å²) in [5.41, 5.74) is 0. The number of nitrogens with one attached hydrogen (secondary N) is 1. The number of aromatic carboxylic acids is 1. The van der Waals surface area contributed by atoms with Gasteiger partial charge in [-0.2, -0.15) is 0 Å². The van der Waals surface area contributed by atoms with Gasteiger partial charge in [0.15, 0.2) is 0 Å². The molecule has 1 amide bonds. The van der Waals surface area contributed by atoms with Gasteiger partial charge in [0.1, 0.15) is 11.5 Å². The monoisotopic (exact) mass is 269 g/mol. The second kappa shape index (κ2) is 5.97. The molecule has 0 aliphatic heterocycles. The molecule has 0 bridgehead atoms. The van der Waals surface area contributed by atoms with Crippen molar-refractivity contribution in [2.75, 3.05) is 13.2 Å². The fourth-order valence-corrected chi connectivity index (χ4v) is 2.21. The average molecular weight is 269 g/mol. The lowest BCUT2D eigenvalue weighted by Gasteiger charge is -2.04. The Bertz CT molecular complexity index is 439. The summed E-state index contributed by atoms with van der Waals surface area (Å²) in [7, 11) is 0. The average Bonchev–Trinajstić information content (AvgIpc) is 3.02. The Balaban J connectivity index is 1.65. The summed E-state index contributed by atoms with van der Waals surface area (Å²) in [6.07, 6.45) is 2.41. The number of thiophene rings is 1. The van der Waals surface area contributed by atoms with Gasteiger partial charge in [0.25, 0.3) is 0 Å². The van der Waals surface area contributed by atoms with Gasteiger partial charge in [-0.15, -0.1) is 11.3 Å². The quantitative estimate of drug-likeness (QED) is 0.786. The van der Waals surface area contributed by atoms with Gasteiger partial charge < -0.3 is 15.2 Å². The third-order valence-electron chi connectivity index (χ3n) is 2.62. The van der Waals surface area contributed by atoms with Crippen LogP contribution in [0.2, 0.25) is 0 Å². The molecule has 18 heavy (non-hydrogen) atoms. The van der Waals surface area contributed by atoms with Gasteiger partial charge in [0.2, 0.25) is 5.91 Å². The maximum absolute atomic E-state index is 11.4. The fourth-order valence-electron chi connectivity index (χ4n) is 1.43. The lowest BCUT2D eigenvalue weighted by Crippen LogP contribution is -2.27. The molecule has 2 N–H and O–H groups in total. The van der Waals surface area contributed by atoms with E-state index in [4.69, 9.17) is 9.84 Å². The van der Waals surface area contributed by atoms with E-state index in [0.29, 0.717) is 19.1 Å². The van der Waals surface area contributed by atoms with Crippen molar-refractivity contribution in [2.45, 2.75) is 19.4 Å². The van der Waals surface area contributed by atoms with Crippen LogP contribution in [0, 0.1) is 5.92 Å². The predicted molar refractivity (Wildman–Crippen MR) is 66.7 cm³/mol. The molecular weight excluding hydrogens is 254 g/mol. The molecule has 1 heterocycles. The topological polar surface area (TPSA) is 75.6 Å². The molecular formula is C12H15NO4S. The number of carbonyl (C=O) groups excluding carboxylic acids is 1. The number of hydrogen-bond acceptors (Lipinski definition) is 4. The van der Waals surface area contributed by atoms with Gasteiger partial charge in [0, 0.05) is 4.88 Å². The molecule has 1 aliphatic carbocycles. The number of rotatable bonds is 7. The fraction of sp³-hybridized carbons (Fsp3) is 0.500. The maximum Gasteiger partial charge on any atom is 0.345 e. The number of carboxylic acids is 1. The first-order valence-electron chi connectivity index (χ1n) is 5.81. The summed E-state index contributed by atoms with van der Waals surface area (Å²) >= 11 is 1.17. The van der Waals surface area contributed by atoms with Crippen LogP contribution < -0.4 is 5.32 Å². The molecule has 0 atom stereocenters. The van der Waals surface area contributed by atoms with E-state index >= 15 is 0 Å². The zero-order chi connectivity index (χ0) is 13.0. The van der Waals surface area contributed by atoms with Crippen LogP contribution in [0.1, 0.15) is 27.4 Å². The molecule has 0 saturated heterocycles. The van der Waals surface area contributed by atoms with E-state index in [9.17, 15) is 9.59 Å². The third kappa shape index (κ3) is 4.12. The van der Waals surface area contributed by atoms with Crippen molar-refractivity contribution in [1.29, 1.82) is 0 Å². The van der Waals surface area contributed by atoms with Crippen molar-refractivity contribution in [2.24, 2.45) is 5.92 Å². The highest BCUT2D eigenvalue weighted by Crippen LogP contribution is 2.28. The van der Waals surface area contributed by atoms with Crippen molar-refractivity contribution < 1.29 is 19.4 Å². The Labute approximate surface area is 109 Å². The summed E-state index contributed by atoms with van der Waals surface area (Å²) in [5, 5.41) is 11.5. The zero-order valence-corrected chi connectivity index (χ0v) is 10.7. The van der Waals surface area contributed by atoms with Gasteiger partial charge >= 0.3 is 5.97 Å². The third-order valence-corrected chi connectivity index (χ3v) is 3.69. The molecule has 1 aromatic heterocycles. The van der Waals surface area contributed by atoms with Gasteiger partial charge in [-0.25, -0.2) is 4.79 Å². The Morgan fingerprint density at radius 1 is 1.44 bits per heavy atom. The van der Waals surface area contributed by atoms with E-state index in [1.807, 2.05) is 0 Å². The van der Waals surface area contributed by atoms with Crippen LogP contribution in [0.3, 0.4) is 0 Å². The number of hydrogen-bond donors (Lipinski definition) is 2. The normalized spacial score (nSPS) is 14.4. The summed E-state index contributed by atoms with van der Waals surface area (Å²) in [6, 6.07) is 3.25. The number of carboxylic acid groups (broad SMARTS) is 1. The number of ether oxygens (including phenoxy) is 1. The van der Waals surface area contributed by atoms with Crippen molar-refractivity contribution in [1.82, 2.24) is 5.32 Å². The summed E-state index contributed by atoms with van der Waals surface area (Å²) in [6.45, 7) is 1.09. The molecule has 0 radical (unpaired) electrons. The molecule has 6 heteroatoms. The van der Waals surface area contributed by atoms with Crippen LogP contribution in [0.4, 0.5) is 0 Å². The Morgan fingerprint density at radius 3 is 2.83 bits per heavy atom. The second-order valence-corrected chi connectivity index (χ2v) is 5.47. The van der Waals surface area contributed by atoms with Crippen LogP contribution in [0.25, 0.3) is 0 Å². The molecule has 1 saturated carbocycles. The molecule has 98 valence electrons. The first-order valence-corrected chi connectivity index (χ1v) is 6.63. The van der Waals surface area contributed by atoms with Crippen LogP contribution in [0.5, 0.6) is 0 Å². The van der Waals surface area contributed by atoms with Crippen LogP contribution in [-0.4, -0.2) is 30.2 Å². The lowest BCUT2D eigenvalue weighted by molar-refractivity contribution is -0.126. The molecule has 5 nitrogen and oxygen atoms in total. The first-order chi connectivity index (χ1) is 8.65. The Hall–Kier alpha value is -1.40. The molecule has 0 aromatic carbocycles. The molecule has 2 rings (SSSR count). The van der Waals surface area contributed by atoms with E-state index in [1.54, 1.807) is 6.07 Å². The molecule has 1 aliphatic rings. The van der Waals surface area contributed by atoms with E-state index in [1.165, 1.54) is 30.2 Å². The van der Waals surface area contributed by atoms with Crippen LogP contribution in [0.15, 0.2) is 12.1 Å². The maximum atomic E-state index is 11.4. The minimum absolute atomic E-state index is 0.0770. The molecule has 0 spiro atoms. The Morgan fingerprint density at radius 2 is 2.22 bits per heavy atom. The first kappa shape index (κ1) is 13.0. The van der Waals surface area contributed by atoms with Gasteiger partial charge in [-0.05, 0) is 30.9 Å². The van der Waals surface area contributed by atoms with E-state index in [-0.39, 0.29) is 17.4 Å². The van der Waals surface area contributed by atoms with Crippen molar-refractivity contribution in [3.8, 4) is 0 Å². The van der Waals surface area contributed by atoms with Crippen LogP contribution in [-0.2, 0) is 16.1 Å². The molecule has 1 aromatic rings. The standard InChI is InChI=1S/C12H15NO4S/c14-11(7-17-6-8-1-2-8)13-5-9-3-4-10(18-9)12(15)16/h3-4,8H,1-2,5-7H2,(H,13,14)(H,15,16). The van der Waals surface area contributed by atoms with E-state index in [2.05, 4.69) is 5.32 Å². The lowest BCUT2D eigenvalue weighted by atomic mass is 10.4. The minimum Gasteiger partial charge on any atom is -0.477 e. The van der Waals surface area contributed by atoms with Crippen LogP contribution >= 0.6 is 11.3 Å². The number of carbonyl (C=O) groups is 2. The van der Waals surface area contributed by atoms with Crippen molar-refractivity contribution in [3.05, 3.63) is 21.9 Å².